The molecule has 0 aliphatic carbocycles. The van der Waals surface area contributed by atoms with Crippen molar-refractivity contribution in [3.63, 3.8) is 0 Å². The maximum atomic E-state index is 12.3. The first-order valence-corrected chi connectivity index (χ1v) is 8.86. The van der Waals surface area contributed by atoms with Gasteiger partial charge in [0.1, 0.15) is 0 Å². The maximum absolute atomic E-state index is 12.3. The number of aliphatic hydroxyl groups excluding tert-OH is 1. The highest BCUT2D eigenvalue weighted by Gasteiger charge is 2.27. The van der Waals surface area contributed by atoms with E-state index in [0.29, 0.717) is 32.4 Å². The van der Waals surface area contributed by atoms with Crippen molar-refractivity contribution in [3.8, 4) is 0 Å². The van der Waals surface area contributed by atoms with Gasteiger partial charge in [-0.2, -0.15) is 0 Å². The minimum absolute atomic E-state index is 0.0347. The van der Waals surface area contributed by atoms with Crippen LogP contribution in [0.2, 0.25) is 0 Å². The number of piperidine rings is 1. The number of carbonyl (C=O) groups excluding carboxylic acids is 1. The van der Waals surface area contributed by atoms with Crippen molar-refractivity contribution >= 4 is 17.2 Å². The topological polar surface area (TPSA) is 52.6 Å². The van der Waals surface area contributed by atoms with Crippen LogP contribution in [0.25, 0.3) is 0 Å². The molecule has 1 fully saturated rings. The van der Waals surface area contributed by atoms with Gasteiger partial charge in [-0.15, -0.1) is 11.3 Å². The smallest absolute Gasteiger partial charge is 0.251 e. The van der Waals surface area contributed by atoms with Gasteiger partial charge >= 0.3 is 0 Å². The Morgan fingerprint density at radius 1 is 1.48 bits per heavy atom. The maximum Gasteiger partial charge on any atom is 0.251 e. The van der Waals surface area contributed by atoms with Crippen molar-refractivity contribution in [3.05, 3.63) is 22.4 Å². The van der Waals surface area contributed by atoms with Crippen molar-refractivity contribution in [2.45, 2.75) is 44.8 Å². The van der Waals surface area contributed by atoms with E-state index >= 15 is 0 Å². The first kappa shape index (κ1) is 18.3. The molecule has 0 aromatic carbocycles. The highest BCUT2D eigenvalue weighted by molar-refractivity contribution is 7.10. The first-order valence-electron chi connectivity index (χ1n) is 7.98. The van der Waals surface area contributed by atoms with E-state index in [2.05, 4.69) is 5.32 Å². The lowest BCUT2D eigenvalue weighted by Gasteiger charge is -2.31. The fourth-order valence-corrected chi connectivity index (χ4v) is 3.65. The van der Waals surface area contributed by atoms with Crippen LogP contribution in [0.15, 0.2) is 17.5 Å². The predicted molar refractivity (Wildman–Crippen MR) is 86.7 cm³/mol. The summed E-state index contributed by atoms with van der Waals surface area (Å²) in [5.41, 5.74) is 0. The Morgan fingerprint density at radius 2 is 2.17 bits per heavy atom. The molecule has 1 aliphatic rings. The summed E-state index contributed by atoms with van der Waals surface area (Å²) >= 11 is 1.50. The number of halogens is 2. The van der Waals surface area contributed by atoms with E-state index in [-0.39, 0.29) is 24.4 Å². The van der Waals surface area contributed by atoms with Crippen molar-refractivity contribution in [1.29, 1.82) is 0 Å². The normalized spacial score (nSPS) is 19.7. The van der Waals surface area contributed by atoms with Crippen LogP contribution >= 0.6 is 11.3 Å². The Morgan fingerprint density at radius 3 is 2.74 bits per heavy atom. The Balaban J connectivity index is 1.72. The average Bonchev–Trinajstić information content (AvgIpc) is 3.01. The molecule has 0 radical (unpaired) electrons. The molecule has 23 heavy (non-hydrogen) atoms. The van der Waals surface area contributed by atoms with Crippen LogP contribution in [0.3, 0.4) is 0 Å². The highest BCUT2D eigenvalue weighted by atomic mass is 32.1. The van der Waals surface area contributed by atoms with Gasteiger partial charge in [0.2, 0.25) is 5.91 Å². The average molecular weight is 346 g/mol. The number of alkyl halides is 2. The molecule has 2 atom stereocenters. The Labute approximate surface area is 139 Å². The predicted octanol–water partition coefficient (Wildman–Crippen LogP) is 2.65. The van der Waals surface area contributed by atoms with Crippen LogP contribution in [-0.2, 0) is 4.79 Å². The molecule has 7 heteroatoms. The summed E-state index contributed by atoms with van der Waals surface area (Å²) in [4.78, 5) is 14.9. The molecule has 0 unspecified atom stereocenters. The van der Waals surface area contributed by atoms with Gasteiger partial charge in [-0.3, -0.25) is 9.69 Å². The molecule has 2 rings (SSSR count). The van der Waals surface area contributed by atoms with Crippen LogP contribution in [0.1, 0.15) is 37.2 Å². The second-order valence-corrected chi connectivity index (χ2v) is 7.12. The molecule has 130 valence electrons. The van der Waals surface area contributed by atoms with Gasteiger partial charge in [0.15, 0.2) is 0 Å². The van der Waals surface area contributed by atoms with Crippen molar-refractivity contribution in [1.82, 2.24) is 10.2 Å². The lowest BCUT2D eigenvalue weighted by Crippen LogP contribution is -2.44. The molecule has 1 saturated heterocycles. The Bertz CT molecular complexity index is 476. The van der Waals surface area contributed by atoms with E-state index in [1.165, 1.54) is 11.3 Å². The summed E-state index contributed by atoms with van der Waals surface area (Å²) < 4.78 is 24.7. The van der Waals surface area contributed by atoms with Crippen LogP contribution in [0.4, 0.5) is 8.78 Å². The number of hydrogen-bond donors (Lipinski definition) is 2. The summed E-state index contributed by atoms with van der Waals surface area (Å²) in [5.74, 6) is -0.155. The van der Waals surface area contributed by atoms with E-state index in [4.69, 9.17) is 0 Å². The minimum atomic E-state index is -2.32. The zero-order valence-electron chi connectivity index (χ0n) is 13.3. The van der Waals surface area contributed by atoms with Crippen molar-refractivity contribution in [2.24, 2.45) is 5.92 Å². The van der Waals surface area contributed by atoms with Gasteiger partial charge in [-0.1, -0.05) is 6.07 Å². The number of hydrogen-bond acceptors (Lipinski definition) is 4. The third kappa shape index (κ3) is 5.82. The number of nitrogens with one attached hydrogen (secondary N) is 1. The molecule has 0 spiro atoms. The minimum Gasteiger partial charge on any atom is -0.387 e. The van der Waals surface area contributed by atoms with Crippen LogP contribution in [0, 0.1) is 5.92 Å². The Kier molecular flexibility index (Phi) is 6.92. The Hall–Kier alpha value is -1.05. The van der Waals surface area contributed by atoms with E-state index in [9.17, 15) is 18.7 Å². The second-order valence-electron chi connectivity index (χ2n) is 6.14. The van der Waals surface area contributed by atoms with Crippen LogP contribution in [-0.4, -0.2) is 48.0 Å². The monoisotopic (exact) mass is 346 g/mol. The molecule has 1 amide bonds. The zero-order valence-corrected chi connectivity index (χ0v) is 14.1. The van der Waals surface area contributed by atoms with Gasteiger partial charge in [0.25, 0.3) is 6.43 Å². The van der Waals surface area contributed by atoms with E-state index < -0.39 is 12.5 Å². The largest absolute Gasteiger partial charge is 0.387 e. The summed E-state index contributed by atoms with van der Waals surface area (Å²) in [6.07, 6.45) is -1.20. The molecular weight excluding hydrogens is 322 g/mol. The second kappa shape index (κ2) is 8.70. The molecule has 1 aliphatic heterocycles. The van der Waals surface area contributed by atoms with E-state index in [1.807, 2.05) is 24.4 Å². The lowest BCUT2D eigenvalue weighted by molar-refractivity contribution is -0.127. The summed E-state index contributed by atoms with van der Waals surface area (Å²) in [6.45, 7) is 2.74. The quantitative estimate of drug-likeness (QED) is 0.798. The number of likely N-dealkylation sites (tertiary alicyclic amines) is 1. The third-order valence-corrected chi connectivity index (χ3v) is 5.17. The van der Waals surface area contributed by atoms with Gasteiger partial charge in [0.05, 0.1) is 12.6 Å². The van der Waals surface area contributed by atoms with Crippen LogP contribution < -0.4 is 5.32 Å². The van der Waals surface area contributed by atoms with Crippen molar-refractivity contribution in [2.75, 3.05) is 19.6 Å². The number of nitrogens with zero attached hydrogens (tertiary/aromatic N) is 1. The molecule has 1 aromatic heterocycles. The summed E-state index contributed by atoms with van der Waals surface area (Å²) in [5, 5.41) is 15.0. The standard InChI is InChI=1S/C16H24F2N2O2S/c1-11(9-13(21)14-3-2-8-23-14)19-16(22)12-4-6-20(7-5-12)10-15(17)18/h2-3,8,11-13,15,21H,4-7,9-10H2,1H3,(H,19,22)/t11-,13+/m0/s1. The van der Waals surface area contributed by atoms with Gasteiger partial charge in [-0.25, -0.2) is 8.78 Å². The fraction of sp³-hybridized carbons (Fsp3) is 0.688. The molecule has 0 bridgehead atoms. The van der Waals surface area contributed by atoms with E-state index in [0.717, 1.165) is 4.88 Å². The molecule has 2 heterocycles. The molecular formula is C16H24F2N2O2S. The summed E-state index contributed by atoms with van der Waals surface area (Å²) in [7, 11) is 0. The van der Waals surface area contributed by atoms with E-state index in [1.54, 1.807) is 4.90 Å². The highest BCUT2D eigenvalue weighted by Crippen LogP contribution is 2.23. The molecule has 2 N–H and O–H groups in total. The number of amides is 1. The SMILES string of the molecule is C[C@@H](C[C@@H](O)c1cccs1)NC(=O)C1CCN(CC(F)F)CC1. The number of rotatable bonds is 7. The first-order chi connectivity index (χ1) is 11.0. The molecule has 0 saturated carbocycles. The number of thiophene rings is 1. The van der Waals surface area contributed by atoms with Crippen molar-refractivity contribution < 1.29 is 18.7 Å². The third-order valence-electron chi connectivity index (χ3n) is 4.19. The number of aliphatic hydroxyl groups is 1. The zero-order chi connectivity index (χ0) is 16.8. The fourth-order valence-electron chi connectivity index (χ4n) is 2.92. The lowest BCUT2D eigenvalue weighted by atomic mass is 9.95. The van der Waals surface area contributed by atoms with Gasteiger partial charge < -0.3 is 10.4 Å². The van der Waals surface area contributed by atoms with Gasteiger partial charge in [-0.05, 0) is 50.7 Å². The molecule has 4 nitrogen and oxygen atoms in total. The van der Waals surface area contributed by atoms with Crippen LogP contribution in [0.5, 0.6) is 0 Å². The van der Waals surface area contributed by atoms with Gasteiger partial charge in [0, 0.05) is 16.8 Å². The summed E-state index contributed by atoms with van der Waals surface area (Å²) in [6, 6.07) is 3.64. The molecule has 1 aromatic rings. The number of carbonyl (C=O) groups is 1.